The van der Waals surface area contributed by atoms with E-state index in [1.807, 2.05) is 48.5 Å². The van der Waals surface area contributed by atoms with Crippen LogP contribution in [0, 0.1) is 6.92 Å². The van der Waals surface area contributed by atoms with E-state index in [4.69, 9.17) is 4.74 Å². The van der Waals surface area contributed by atoms with Crippen molar-refractivity contribution in [2.24, 2.45) is 5.10 Å². The first-order valence-corrected chi connectivity index (χ1v) is 8.72. The summed E-state index contributed by atoms with van der Waals surface area (Å²) in [7, 11) is 0. The van der Waals surface area contributed by atoms with Crippen LogP contribution in [0.2, 0.25) is 0 Å². The first kappa shape index (κ1) is 17.9. The minimum absolute atomic E-state index is 0.220. The Bertz CT molecular complexity index is 951. The number of anilines is 1. The molecule has 2 N–H and O–H groups in total. The van der Waals surface area contributed by atoms with Crippen LogP contribution in [0.3, 0.4) is 0 Å². The van der Waals surface area contributed by atoms with Crippen molar-refractivity contribution in [3.05, 3.63) is 86.2 Å². The van der Waals surface area contributed by atoms with E-state index in [9.17, 15) is 4.79 Å². The van der Waals surface area contributed by atoms with Gasteiger partial charge >= 0.3 is 0 Å². The Morgan fingerprint density at radius 1 is 1.19 bits per heavy atom. The lowest BCUT2D eigenvalue weighted by Gasteiger charge is -2.06. The predicted molar refractivity (Wildman–Crippen MR) is 106 cm³/mol. The molecule has 0 aliphatic carbocycles. The number of aromatic nitrogens is 2. The Morgan fingerprint density at radius 3 is 2.62 bits per heavy atom. The molecular weight excluding hydrogens is 396 g/mol. The van der Waals surface area contributed by atoms with Crippen molar-refractivity contribution in [3.8, 4) is 5.75 Å². The van der Waals surface area contributed by atoms with Gasteiger partial charge < -0.3 is 4.74 Å². The van der Waals surface area contributed by atoms with Gasteiger partial charge in [-0.15, -0.1) is 0 Å². The molecule has 26 heavy (non-hydrogen) atoms. The Hall–Kier alpha value is -2.93. The summed E-state index contributed by atoms with van der Waals surface area (Å²) in [5.41, 5.74) is 5.10. The maximum Gasteiger partial charge on any atom is 0.252 e. The molecule has 0 saturated heterocycles. The van der Waals surface area contributed by atoms with Gasteiger partial charge in [-0.1, -0.05) is 28.1 Å². The number of halogens is 1. The summed E-state index contributed by atoms with van der Waals surface area (Å²) in [6.07, 6.45) is 1.64. The van der Waals surface area contributed by atoms with Crippen LogP contribution in [-0.4, -0.2) is 16.2 Å². The number of nitrogens with zero attached hydrogens (tertiary/aromatic N) is 2. The lowest BCUT2D eigenvalue weighted by molar-refractivity contribution is 0.306. The topological polar surface area (TPSA) is 79.4 Å². The van der Waals surface area contributed by atoms with Gasteiger partial charge in [-0.3, -0.25) is 9.78 Å². The lowest BCUT2D eigenvalue weighted by Crippen LogP contribution is -2.10. The highest BCUT2D eigenvalue weighted by molar-refractivity contribution is 9.10. The lowest BCUT2D eigenvalue weighted by atomic mass is 10.2. The minimum atomic E-state index is -0.220. The average molecular weight is 413 g/mol. The van der Waals surface area contributed by atoms with Crippen LogP contribution in [0.25, 0.3) is 0 Å². The molecule has 0 aliphatic rings. The van der Waals surface area contributed by atoms with Crippen molar-refractivity contribution in [2.45, 2.75) is 13.5 Å². The van der Waals surface area contributed by atoms with Gasteiger partial charge in [0.15, 0.2) is 0 Å². The Kier molecular flexibility index (Phi) is 5.80. The van der Waals surface area contributed by atoms with Crippen molar-refractivity contribution in [1.29, 1.82) is 0 Å². The largest absolute Gasteiger partial charge is 0.489 e. The van der Waals surface area contributed by atoms with Gasteiger partial charge in [0.2, 0.25) is 5.95 Å². The molecule has 3 rings (SSSR count). The molecule has 1 aromatic heterocycles. The Balaban J connectivity index is 1.55. The van der Waals surface area contributed by atoms with Crippen LogP contribution in [0.1, 0.15) is 16.8 Å². The molecule has 0 unspecified atom stereocenters. The van der Waals surface area contributed by atoms with Crippen molar-refractivity contribution in [2.75, 3.05) is 5.43 Å². The molecule has 7 heteroatoms. The summed E-state index contributed by atoms with van der Waals surface area (Å²) < 4.78 is 6.81. The number of benzene rings is 2. The number of aryl methyl sites for hydroxylation is 1. The molecule has 3 aromatic rings. The van der Waals surface area contributed by atoms with Gasteiger partial charge in [-0.05, 0) is 54.4 Å². The molecule has 1 heterocycles. The normalized spacial score (nSPS) is 10.8. The zero-order valence-electron chi connectivity index (χ0n) is 14.1. The summed E-state index contributed by atoms with van der Waals surface area (Å²) in [4.78, 5) is 18.1. The smallest absolute Gasteiger partial charge is 0.252 e. The number of ether oxygens (including phenoxy) is 1. The highest BCUT2D eigenvalue weighted by atomic mass is 79.9. The molecule has 0 spiro atoms. The molecule has 132 valence electrons. The van der Waals surface area contributed by atoms with E-state index in [0.29, 0.717) is 18.2 Å². The van der Waals surface area contributed by atoms with Crippen molar-refractivity contribution in [3.63, 3.8) is 0 Å². The third-order valence-electron chi connectivity index (χ3n) is 3.45. The first-order chi connectivity index (χ1) is 12.6. The molecule has 0 radical (unpaired) electrons. The average Bonchev–Trinajstić information content (AvgIpc) is 2.62. The number of H-pyrrole nitrogens is 1. The van der Waals surface area contributed by atoms with Crippen LogP contribution in [0.15, 0.2) is 69.0 Å². The van der Waals surface area contributed by atoms with E-state index in [0.717, 1.165) is 21.3 Å². The SMILES string of the molecule is Cc1cc(=O)[nH]c(N/N=C/c2ccc(OCc3ccc(Br)cc3)cc2)n1. The summed E-state index contributed by atoms with van der Waals surface area (Å²) in [6, 6.07) is 17.0. The maximum atomic E-state index is 11.4. The van der Waals surface area contributed by atoms with Crippen molar-refractivity contribution in [1.82, 2.24) is 9.97 Å². The minimum Gasteiger partial charge on any atom is -0.489 e. The van der Waals surface area contributed by atoms with Crippen LogP contribution in [0.4, 0.5) is 5.95 Å². The van der Waals surface area contributed by atoms with E-state index in [1.165, 1.54) is 6.07 Å². The second-order valence-corrected chi connectivity index (χ2v) is 6.51. The molecule has 6 nitrogen and oxygen atoms in total. The van der Waals surface area contributed by atoms with E-state index in [-0.39, 0.29) is 5.56 Å². The molecule has 0 saturated carbocycles. The monoisotopic (exact) mass is 412 g/mol. The summed E-state index contributed by atoms with van der Waals surface area (Å²) >= 11 is 3.41. The maximum absolute atomic E-state index is 11.4. The number of hydrogen-bond donors (Lipinski definition) is 2. The Morgan fingerprint density at radius 2 is 1.92 bits per heavy atom. The van der Waals surface area contributed by atoms with E-state index in [1.54, 1.807) is 13.1 Å². The summed E-state index contributed by atoms with van der Waals surface area (Å²) in [6.45, 7) is 2.26. The van der Waals surface area contributed by atoms with Crippen molar-refractivity contribution < 1.29 is 4.74 Å². The summed E-state index contributed by atoms with van der Waals surface area (Å²) in [5, 5.41) is 4.07. The van der Waals surface area contributed by atoms with Crippen LogP contribution in [-0.2, 0) is 6.61 Å². The second-order valence-electron chi connectivity index (χ2n) is 5.59. The van der Waals surface area contributed by atoms with Gasteiger partial charge in [0, 0.05) is 16.2 Å². The van der Waals surface area contributed by atoms with Gasteiger partial charge in [0.1, 0.15) is 12.4 Å². The fourth-order valence-corrected chi connectivity index (χ4v) is 2.46. The first-order valence-electron chi connectivity index (χ1n) is 7.93. The van der Waals surface area contributed by atoms with Crippen molar-refractivity contribution >= 4 is 28.1 Å². The van der Waals surface area contributed by atoms with Crippen LogP contribution in [0.5, 0.6) is 5.75 Å². The number of rotatable bonds is 6. The quantitative estimate of drug-likeness (QED) is 0.475. The van der Waals surface area contributed by atoms with Gasteiger partial charge in [0.05, 0.1) is 6.21 Å². The van der Waals surface area contributed by atoms with E-state index < -0.39 is 0 Å². The van der Waals surface area contributed by atoms with E-state index in [2.05, 4.69) is 36.4 Å². The molecular formula is C19H17BrN4O2. The number of aromatic amines is 1. The van der Waals surface area contributed by atoms with Gasteiger partial charge in [-0.2, -0.15) is 5.10 Å². The van der Waals surface area contributed by atoms with Crippen LogP contribution >= 0.6 is 15.9 Å². The third-order valence-corrected chi connectivity index (χ3v) is 3.98. The second kappa shape index (κ2) is 8.44. The fourth-order valence-electron chi connectivity index (χ4n) is 2.20. The molecule has 0 amide bonds. The third kappa shape index (κ3) is 5.29. The Labute approximate surface area is 159 Å². The molecule has 0 bridgehead atoms. The van der Waals surface area contributed by atoms with E-state index >= 15 is 0 Å². The molecule has 0 atom stereocenters. The standard InChI is InChI=1S/C19H17BrN4O2/c1-13-10-18(25)23-19(22-13)24-21-11-14-4-8-17(9-5-14)26-12-15-2-6-16(20)7-3-15/h2-11H,12H2,1H3,(H2,22,23,24,25)/b21-11+. The summed E-state index contributed by atoms with van der Waals surface area (Å²) in [5.74, 6) is 1.09. The number of nitrogens with one attached hydrogen (secondary N) is 2. The highest BCUT2D eigenvalue weighted by Crippen LogP contribution is 2.15. The zero-order chi connectivity index (χ0) is 18.4. The zero-order valence-corrected chi connectivity index (χ0v) is 15.7. The fraction of sp³-hybridized carbons (Fsp3) is 0.105. The molecule has 0 aliphatic heterocycles. The molecule has 0 fully saturated rings. The number of hydrazone groups is 1. The number of hydrogen-bond acceptors (Lipinski definition) is 5. The van der Waals surface area contributed by atoms with Gasteiger partial charge in [0.25, 0.3) is 5.56 Å². The molecule has 2 aromatic carbocycles. The van der Waals surface area contributed by atoms with Crippen LogP contribution < -0.4 is 15.7 Å². The highest BCUT2D eigenvalue weighted by Gasteiger charge is 1.98. The van der Waals surface area contributed by atoms with Gasteiger partial charge in [-0.25, -0.2) is 10.4 Å². The predicted octanol–water partition coefficient (Wildman–Crippen LogP) is 3.87.